The van der Waals surface area contributed by atoms with Crippen LogP contribution >= 0.6 is 0 Å². The predicted molar refractivity (Wildman–Crippen MR) is 192 cm³/mol. The Hall–Kier alpha value is -2.14. The van der Waals surface area contributed by atoms with E-state index in [1.807, 2.05) is 19.9 Å². The van der Waals surface area contributed by atoms with E-state index in [0.717, 1.165) is 6.42 Å². The minimum Gasteiger partial charge on any atom is -0.411 e. The lowest BCUT2D eigenvalue weighted by molar-refractivity contribution is -0.153. The first-order chi connectivity index (χ1) is 20.8. The van der Waals surface area contributed by atoms with Crippen molar-refractivity contribution in [2.45, 2.75) is 122 Å². The van der Waals surface area contributed by atoms with Crippen LogP contribution < -0.4 is 10.4 Å². The third-order valence-electron chi connectivity index (χ3n) is 9.26. The summed E-state index contributed by atoms with van der Waals surface area (Å²) in [5.74, 6) is -0.514. The summed E-state index contributed by atoms with van der Waals surface area (Å²) in [6.45, 7) is 28.5. The van der Waals surface area contributed by atoms with Crippen LogP contribution in [0.4, 0.5) is 0 Å². The topological polar surface area (TPSA) is 54.0 Å². The summed E-state index contributed by atoms with van der Waals surface area (Å²) in [4.78, 5) is 13.4. The summed E-state index contributed by atoms with van der Waals surface area (Å²) in [7, 11) is -4.81. The molecule has 0 N–H and O–H groups in total. The van der Waals surface area contributed by atoms with Gasteiger partial charge in [-0.1, -0.05) is 121 Å². The van der Waals surface area contributed by atoms with E-state index in [4.69, 9.17) is 18.3 Å². The molecule has 0 aromatic heterocycles. The van der Waals surface area contributed by atoms with Gasteiger partial charge in [0.2, 0.25) is 0 Å². The van der Waals surface area contributed by atoms with Crippen molar-refractivity contribution in [3.05, 3.63) is 85.5 Å². The summed E-state index contributed by atoms with van der Waals surface area (Å²) in [6.07, 6.45) is 5.26. The van der Waals surface area contributed by atoms with E-state index in [1.165, 1.54) is 10.4 Å². The number of ketones is 1. The number of ether oxygens (including phenoxy) is 2. The number of allylic oxidation sites excluding steroid dienone is 2. The van der Waals surface area contributed by atoms with Crippen molar-refractivity contribution in [2.24, 2.45) is 5.92 Å². The van der Waals surface area contributed by atoms with E-state index in [0.29, 0.717) is 6.61 Å². The second kappa shape index (κ2) is 14.7. The summed E-state index contributed by atoms with van der Waals surface area (Å²) >= 11 is 0. The normalized spacial score (nSPS) is 20.7. The van der Waals surface area contributed by atoms with Crippen molar-refractivity contribution in [1.29, 1.82) is 0 Å². The third kappa shape index (κ3) is 9.24. The van der Waals surface area contributed by atoms with Gasteiger partial charge in [0.15, 0.2) is 19.9 Å². The van der Waals surface area contributed by atoms with Gasteiger partial charge in [0.05, 0.1) is 6.10 Å². The van der Waals surface area contributed by atoms with E-state index in [2.05, 4.69) is 129 Å². The molecule has 3 rings (SSSR count). The highest BCUT2D eigenvalue weighted by atomic mass is 28.4. The number of rotatable bonds is 14. The molecule has 5 nitrogen and oxygen atoms in total. The van der Waals surface area contributed by atoms with Gasteiger partial charge in [-0.25, -0.2) is 0 Å². The second-order valence-electron chi connectivity index (χ2n) is 15.6. The highest BCUT2D eigenvalue weighted by molar-refractivity contribution is 6.99. The van der Waals surface area contributed by atoms with Gasteiger partial charge in [-0.05, 0) is 65.8 Å². The molecule has 1 fully saturated rings. The van der Waals surface area contributed by atoms with E-state index < -0.39 is 34.6 Å². The molecule has 0 radical (unpaired) electrons. The van der Waals surface area contributed by atoms with Crippen molar-refractivity contribution in [1.82, 2.24) is 0 Å². The zero-order chi connectivity index (χ0) is 33.7. The minimum absolute atomic E-state index is 0.0106. The van der Waals surface area contributed by atoms with E-state index in [9.17, 15) is 4.79 Å². The maximum absolute atomic E-state index is 13.4. The van der Waals surface area contributed by atoms with Crippen LogP contribution in [0.1, 0.15) is 75.2 Å². The molecule has 0 aliphatic carbocycles. The van der Waals surface area contributed by atoms with Crippen molar-refractivity contribution in [3.63, 3.8) is 0 Å². The van der Waals surface area contributed by atoms with Gasteiger partial charge in [0.25, 0.3) is 8.32 Å². The molecule has 0 bridgehead atoms. The molecule has 0 amide bonds. The van der Waals surface area contributed by atoms with Gasteiger partial charge in [-0.15, -0.1) is 6.58 Å². The standard InChI is InChI=1S/C38H58O5Si2/c1-13-33-35(42-38(9,10)41-33)34(43-44(11,12)36(3,4)5)27-30(39)22-20-21-29(2)28-40-45(37(6,7)8,31-23-16-14-17-24-31)32-25-18-15-19-26-32/h13-20,22-26,29,33-35H,1,21,27-28H2,2-12H3/b22-20+/t29-,33+,34+,35+/m1/s1. The summed E-state index contributed by atoms with van der Waals surface area (Å²) in [5, 5.41) is 2.45. The zero-order valence-corrected chi connectivity index (χ0v) is 31.7. The number of hydrogen-bond donors (Lipinski definition) is 0. The lowest BCUT2D eigenvalue weighted by Gasteiger charge is -2.43. The summed E-state index contributed by atoms with van der Waals surface area (Å²) in [6, 6.07) is 21.4. The Kier molecular flexibility index (Phi) is 12.2. The maximum atomic E-state index is 13.4. The fourth-order valence-electron chi connectivity index (χ4n) is 5.86. The van der Waals surface area contributed by atoms with Crippen LogP contribution in [0, 0.1) is 5.92 Å². The predicted octanol–water partition coefficient (Wildman–Crippen LogP) is 8.20. The Morgan fingerprint density at radius 3 is 1.93 bits per heavy atom. The largest absolute Gasteiger partial charge is 0.411 e. The number of hydrogen-bond acceptors (Lipinski definition) is 5. The number of benzene rings is 2. The highest BCUT2D eigenvalue weighted by Crippen LogP contribution is 2.41. The van der Waals surface area contributed by atoms with E-state index in [1.54, 1.807) is 12.2 Å². The molecule has 1 aliphatic rings. The first-order valence-electron chi connectivity index (χ1n) is 16.4. The first-order valence-corrected chi connectivity index (χ1v) is 21.2. The highest BCUT2D eigenvalue weighted by Gasteiger charge is 2.50. The van der Waals surface area contributed by atoms with E-state index >= 15 is 0 Å². The second-order valence-corrected chi connectivity index (χ2v) is 24.7. The molecule has 1 heterocycles. The molecular weight excluding hydrogens is 593 g/mol. The Labute approximate surface area is 275 Å². The van der Waals surface area contributed by atoms with Crippen molar-refractivity contribution in [3.8, 4) is 0 Å². The molecule has 1 aliphatic heterocycles. The van der Waals surface area contributed by atoms with Crippen LogP contribution in [0.2, 0.25) is 23.2 Å². The van der Waals surface area contributed by atoms with Crippen LogP contribution in [-0.2, 0) is 23.1 Å². The minimum atomic E-state index is -2.61. The quantitative estimate of drug-likeness (QED) is 0.117. The zero-order valence-electron chi connectivity index (χ0n) is 29.7. The molecule has 248 valence electrons. The fourth-order valence-corrected chi connectivity index (χ4v) is 11.9. The monoisotopic (exact) mass is 650 g/mol. The number of carbonyl (C=O) groups is 1. The summed E-state index contributed by atoms with van der Waals surface area (Å²) < 4.78 is 26.3. The van der Waals surface area contributed by atoms with Crippen molar-refractivity contribution >= 4 is 32.8 Å². The Bertz CT molecular complexity index is 1240. The van der Waals surface area contributed by atoms with Gasteiger partial charge in [0, 0.05) is 13.0 Å². The van der Waals surface area contributed by atoms with Gasteiger partial charge in [0.1, 0.15) is 12.2 Å². The van der Waals surface area contributed by atoms with E-state index in [-0.39, 0.29) is 34.3 Å². The van der Waals surface area contributed by atoms with Gasteiger partial charge in [-0.2, -0.15) is 0 Å². The molecule has 7 heteroatoms. The first kappa shape index (κ1) is 37.3. The lowest BCUT2D eigenvalue weighted by Crippen LogP contribution is -2.66. The number of carbonyl (C=O) groups excluding carboxylic acids is 1. The molecule has 0 unspecified atom stereocenters. The summed E-state index contributed by atoms with van der Waals surface area (Å²) in [5.41, 5.74) is 0. The average Bonchev–Trinajstić information content (AvgIpc) is 3.27. The third-order valence-corrected chi connectivity index (χ3v) is 18.8. The lowest BCUT2D eigenvalue weighted by atomic mass is 10.0. The molecule has 45 heavy (non-hydrogen) atoms. The Morgan fingerprint density at radius 2 is 1.47 bits per heavy atom. The van der Waals surface area contributed by atoms with Crippen LogP contribution in [0.3, 0.4) is 0 Å². The molecule has 1 saturated heterocycles. The van der Waals surface area contributed by atoms with Crippen LogP contribution in [-0.4, -0.2) is 53.1 Å². The average molecular weight is 651 g/mol. The molecule has 2 aromatic rings. The molecule has 4 atom stereocenters. The van der Waals surface area contributed by atoms with Crippen molar-refractivity contribution in [2.75, 3.05) is 6.61 Å². The maximum Gasteiger partial charge on any atom is 0.261 e. The molecular formula is C38H58O5Si2. The fraction of sp³-hybridized carbons (Fsp3) is 0.553. The van der Waals surface area contributed by atoms with Crippen LogP contribution in [0.15, 0.2) is 85.5 Å². The molecule has 0 spiro atoms. The van der Waals surface area contributed by atoms with Gasteiger partial charge in [-0.3, -0.25) is 4.79 Å². The Balaban J connectivity index is 1.74. The Morgan fingerprint density at radius 1 is 0.933 bits per heavy atom. The molecule has 2 aromatic carbocycles. The van der Waals surface area contributed by atoms with Crippen molar-refractivity contribution < 1.29 is 23.1 Å². The van der Waals surface area contributed by atoms with Crippen LogP contribution in [0.5, 0.6) is 0 Å². The van der Waals surface area contributed by atoms with Gasteiger partial charge >= 0.3 is 0 Å². The SMILES string of the molecule is C=C[C@@H]1OC(C)(C)O[C@@H]1[C@H](CC(=O)/C=C/C[C@@H](C)CO[Si](c1ccccc1)(c1ccccc1)C(C)(C)C)O[Si](C)(C)C(C)(C)C. The van der Waals surface area contributed by atoms with Gasteiger partial charge < -0.3 is 18.3 Å². The van der Waals surface area contributed by atoms with Crippen LogP contribution in [0.25, 0.3) is 0 Å². The smallest absolute Gasteiger partial charge is 0.261 e. The molecule has 0 saturated carbocycles.